The van der Waals surface area contributed by atoms with Crippen LogP contribution in [0, 0.1) is 0 Å². The number of likely N-dealkylation sites (tertiary alicyclic amines) is 1. The lowest BCUT2D eigenvalue weighted by molar-refractivity contribution is 0.00864. The third-order valence-corrected chi connectivity index (χ3v) is 6.03. The van der Waals surface area contributed by atoms with Crippen molar-refractivity contribution < 1.29 is 17.5 Å². The maximum Gasteiger partial charge on any atom is 0.175 e. The van der Waals surface area contributed by atoms with Gasteiger partial charge in [0.25, 0.3) is 0 Å². The van der Waals surface area contributed by atoms with Gasteiger partial charge in [0, 0.05) is 25.9 Å². The first-order chi connectivity index (χ1) is 13.4. The number of hydrogen-bond donors (Lipinski definition) is 1. The number of sulfone groups is 1. The molecule has 8 heteroatoms. The number of hydrogen-bond acceptors (Lipinski definition) is 5. The van der Waals surface area contributed by atoms with Crippen molar-refractivity contribution in [2.75, 3.05) is 19.3 Å². The molecule has 1 aromatic heterocycles. The Morgan fingerprint density at radius 1 is 1.18 bits per heavy atom. The summed E-state index contributed by atoms with van der Waals surface area (Å²) in [4.78, 5) is 9.89. The number of nitrogens with zero attached hydrogens (tertiary/aromatic N) is 2. The van der Waals surface area contributed by atoms with E-state index in [0.717, 1.165) is 16.6 Å². The molecule has 1 aliphatic heterocycles. The minimum absolute atomic E-state index is 0.233. The van der Waals surface area contributed by atoms with Gasteiger partial charge in [-0.3, -0.25) is 4.90 Å². The van der Waals surface area contributed by atoms with Crippen LogP contribution in [0.25, 0.3) is 11.0 Å². The van der Waals surface area contributed by atoms with Crippen LogP contribution in [0.15, 0.2) is 53.4 Å². The van der Waals surface area contributed by atoms with Gasteiger partial charge in [-0.05, 0) is 29.8 Å². The summed E-state index contributed by atoms with van der Waals surface area (Å²) in [6.45, 7) is 1.56. The molecule has 6 nitrogen and oxygen atoms in total. The van der Waals surface area contributed by atoms with E-state index in [1.54, 1.807) is 24.3 Å². The van der Waals surface area contributed by atoms with Crippen molar-refractivity contribution >= 4 is 20.9 Å². The van der Waals surface area contributed by atoms with Gasteiger partial charge in [0.15, 0.2) is 9.84 Å². The number of benzene rings is 2. The van der Waals surface area contributed by atoms with Gasteiger partial charge in [-0.1, -0.05) is 24.3 Å². The van der Waals surface area contributed by atoms with Gasteiger partial charge in [0.05, 0.1) is 15.9 Å². The average Bonchev–Trinajstić information content (AvgIpc) is 3.22. The maximum absolute atomic E-state index is 14.4. The van der Waals surface area contributed by atoms with Crippen molar-refractivity contribution in [3.8, 4) is 0 Å². The van der Waals surface area contributed by atoms with E-state index in [9.17, 15) is 12.8 Å². The van der Waals surface area contributed by atoms with Crippen molar-refractivity contribution in [1.29, 1.82) is 0 Å². The van der Waals surface area contributed by atoms with Crippen LogP contribution in [0.1, 0.15) is 11.4 Å². The Hall–Kier alpha value is -2.29. The fraction of sp³-hybridized carbons (Fsp3) is 0.350. The molecule has 28 heavy (non-hydrogen) atoms. The molecule has 0 saturated carbocycles. The largest absolute Gasteiger partial charge is 0.366 e. The maximum atomic E-state index is 14.4. The molecule has 1 N–H and O–H groups in total. The van der Waals surface area contributed by atoms with Gasteiger partial charge in [-0.2, -0.15) is 0 Å². The molecule has 3 aromatic rings. The van der Waals surface area contributed by atoms with Crippen molar-refractivity contribution in [3.63, 3.8) is 0 Å². The van der Waals surface area contributed by atoms with E-state index in [4.69, 9.17) is 4.74 Å². The van der Waals surface area contributed by atoms with Gasteiger partial charge in [0.1, 0.15) is 24.7 Å². The molecule has 4 rings (SSSR count). The van der Waals surface area contributed by atoms with Gasteiger partial charge >= 0.3 is 0 Å². The Balaban J connectivity index is 1.34. The van der Waals surface area contributed by atoms with E-state index in [-0.39, 0.29) is 11.5 Å². The molecule has 2 heterocycles. The van der Waals surface area contributed by atoms with Gasteiger partial charge in [0.2, 0.25) is 0 Å². The summed E-state index contributed by atoms with van der Waals surface area (Å²) in [6, 6.07) is 14.4. The smallest absolute Gasteiger partial charge is 0.175 e. The van der Waals surface area contributed by atoms with E-state index in [0.29, 0.717) is 25.5 Å². The predicted octanol–water partition coefficient (Wildman–Crippen LogP) is 2.71. The lowest BCUT2D eigenvalue weighted by Gasteiger charge is -2.16. The summed E-state index contributed by atoms with van der Waals surface area (Å²) in [5.41, 5.74) is 2.74. The highest BCUT2D eigenvalue weighted by Crippen LogP contribution is 2.21. The summed E-state index contributed by atoms with van der Waals surface area (Å²) < 4.78 is 43.2. The Morgan fingerprint density at radius 3 is 2.64 bits per heavy atom. The zero-order valence-electron chi connectivity index (χ0n) is 15.5. The van der Waals surface area contributed by atoms with Crippen LogP contribution in [-0.2, 0) is 27.7 Å². The predicted molar refractivity (Wildman–Crippen MR) is 104 cm³/mol. The fourth-order valence-electron chi connectivity index (χ4n) is 3.45. The fourth-order valence-corrected chi connectivity index (χ4v) is 4.08. The first kappa shape index (κ1) is 19.0. The number of alkyl halides is 1. The Morgan fingerprint density at radius 2 is 1.93 bits per heavy atom. The second-order valence-corrected chi connectivity index (χ2v) is 9.19. The molecule has 0 amide bonds. The van der Waals surface area contributed by atoms with Gasteiger partial charge < -0.3 is 9.72 Å². The number of fused-ring (bicyclic) bond motifs is 1. The van der Waals surface area contributed by atoms with Crippen molar-refractivity contribution in [3.05, 3.63) is 59.9 Å². The molecular formula is C20H22FN3O3S. The lowest BCUT2D eigenvalue weighted by Crippen LogP contribution is -2.24. The summed E-state index contributed by atoms with van der Waals surface area (Å²) in [5, 5.41) is 0. The number of para-hydroxylation sites is 2. The Bertz CT molecular complexity index is 1030. The second kappa shape index (κ2) is 7.62. The number of halogens is 1. The Kier molecular flexibility index (Phi) is 5.18. The minimum atomic E-state index is -3.21. The van der Waals surface area contributed by atoms with E-state index in [2.05, 4.69) is 9.97 Å². The molecule has 0 bridgehead atoms. The summed E-state index contributed by atoms with van der Waals surface area (Å²) in [5.74, 6) is 0.684. The standard InChI is InChI=1S/C20H22FN3O3S/c1-28(25,26)15-8-6-14(7-9-15)10-24-11-16(21)19(12-24)27-13-20-22-17-4-2-3-5-18(17)23-20/h2-9,16,19H,10-13H2,1H3,(H,22,23). The molecule has 1 saturated heterocycles. The summed E-state index contributed by atoms with van der Waals surface area (Å²) in [7, 11) is -3.21. The monoisotopic (exact) mass is 403 g/mol. The third-order valence-electron chi connectivity index (χ3n) is 4.90. The number of nitrogens with one attached hydrogen (secondary N) is 1. The molecular weight excluding hydrogens is 381 g/mol. The first-order valence-corrected chi connectivity index (χ1v) is 11.0. The van der Waals surface area contributed by atoms with E-state index in [1.807, 2.05) is 29.2 Å². The van der Waals surface area contributed by atoms with Crippen LogP contribution < -0.4 is 0 Å². The van der Waals surface area contributed by atoms with Crippen LogP contribution >= 0.6 is 0 Å². The van der Waals surface area contributed by atoms with Crippen molar-refractivity contribution in [1.82, 2.24) is 14.9 Å². The average molecular weight is 403 g/mol. The number of rotatable bonds is 6. The highest BCUT2D eigenvalue weighted by atomic mass is 32.2. The zero-order chi connectivity index (χ0) is 19.7. The quantitative estimate of drug-likeness (QED) is 0.685. The first-order valence-electron chi connectivity index (χ1n) is 9.09. The molecule has 1 aliphatic rings. The number of aromatic nitrogens is 2. The van der Waals surface area contributed by atoms with Crippen LogP contribution in [0.2, 0.25) is 0 Å². The molecule has 2 atom stereocenters. The Labute approximate surface area is 163 Å². The molecule has 148 valence electrons. The molecule has 1 fully saturated rings. The zero-order valence-corrected chi connectivity index (χ0v) is 16.3. The second-order valence-electron chi connectivity index (χ2n) is 7.18. The van der Waals surface area contributed by atoms with Crippen LogP contribution in [0.3, 0.4) is 0 Å². The SMILES string of the molecule is CS(=O)(=O)c1ccc(CN2CC(F)C(OCc3nc4ccccc4[nH]3)C2)cc1. The highest BCUT2D eigenvalue weighted by molar-refractivity contribution is 7.90. The molecule has 0 spiro atoms. The molecule has 2 aromatic carbocycles. The number of imidazole rings is 1. The minimum Gasteiger partial charge on any atom is -0.366 e. The normalized spacial score (nSPS) is 20.8. The van der Waals surface area contributed by atoms with Crippen LogP contribution in [-0.4, -0.2) is 54.9 Å². The number of H-pyrrole nitrogens is 1. The lowest BCUT2D eigenvalue weighted by atomic mass is 10.2. The van der Waals surface area contributed by atoms with Gasteiger partial charge in [-0.15, -0.1) is 0 Å². The number of ether oxygens (including phenoxy) is 1. The number of aromatic amines is 1. The molecule has 0 aliphatic carbocycles. The summed E-state index contributed by atoms with van der Waals surface area (Å²) >= 11 is 0. The van der Waals surface area contributed by atoms with Crippen molar-refractivity contribution in [2.45, 2.75) is 30.3 Å². The topological polar surface area (TPSA) is 75.3 Å². The molecule has 0 radical (unpaired) electrons. The van der Waals surface area contributed by atoms with Crippen molar-refractivity contribution in [2.24, 2.45) is 0 Å². The van der Waals surface area contributed by atoms with E-state index in [1.165, 1.54) is 6.26 Å². The third kappa shape index (κ3) is 4.24. The van der Waals surface area contributed by atoms with E-state index < -0.39 is 22.1 Å². The molecule has 2 unspecified atom stereocenters. The van der Waals surface area contributed by atoms with Crippen LogP contribution in [0.5, 0.6) is 0 Å². The van der Waals surface area contributed by atoms with Crippen LogP contribution in [0.4, 0.5) is 4.39 Å². The summed E-state index contributed by atoms with van der Waals surface area (Å²) in [6.07, 6.45) is -0.400. The van der Waals surface area contributed by atoms with E-state index >= 15 is 0 Å². The highest BCUT2D eigenvalue weighted by Gasteiger charge is 2.33. The van der Waals surface area contributed by atoms with Gasteiger partial charge in [-0.25, -0.2) is 17.8 Å².